The van der Waals surface area contributed by atoms with Crippen LogP contribution in [0.3, 0.4) is 0 Å². The minimum Gasteiger partial charge on any atom is -0.383 e. The second-order valence-corrected chi connectivity index (χ2v) is 6.61. The molecule has 130 valence electrons. The molecule has 1 saturated heterocycles. The first kappa shape index (κ1) is 16.9. The topological polar surface area (TPSA) is 71.8 Å². The van der Waals surface area contributed by atoms with Crippen molar-refractivity contribution >= 4 is 11.6 Å². The van der Waals surface area contributed by atoms with Crippen molar-refractivity contribution in [3.05, 3.63) is 29.7 Å². The summed E-state index contributed by atoms with van der Waals surface area (Å²) in [6, 6.07) is 3.76. The van der Waals surface area contributed by atoms with E-state index in [0.29, 0.717) is 11.5 Å². The van der Waals surface area contributed by atoms with E-state index in [4.69, 9.17) is 4.74 Å². The monoisotopic (exact) mass is 331 g/mol. The van der Waals surface area contributed by atoms with Crippen LogP contribution in [0.4, 0.5) is 0 Å². The zero-order chi connectivity index (χ0) is 17.1. The maximum Gasteiger partial charge on any atom is 0.252 e. The standard InChI is InChI=1S/C17H25N5O2/c1-12(2)18-17(23)14-4-5-15-19-20-16(22(15)11-14)13-6-7-21(10-13)8-9-24-3/h4-5,11-13H,6-10H2,1-3H3,(H,18,23). The number of rotatable bonds is 6. The van der Waals surface area contributed by atoms with E-state index in [-0.39, 0.29) is 11.9 Å². The van der Waals surface area contributed by atoms with Crippen molar-refractivity contribution in [1.29, 1.82) is 0 Å². The molecule has 1 unspecified atom stereocenters. The molecule has 2 aromatic rings. The van der Waals surface area contributed by atoms with E-state index in [9.17, 15) is 4.79 Å². The Hall–Kier alpha value is -1.99. The molecule has 0 bridgehead atoms. The van der Waals surface area contributed by atoms with Crippen LogP contribution in [0.5, 0.6) is 0 Å². The number of methoxy groups -OCH3 is 1. The van der Waals surface area contributed by atoms with E-state index in [1.54, 1.807) is 13.2 Å². The highest BCUT2D eigenvalue weighted by atomic mass is 16.5. The molecule has 1 fully saturated rings. The fraction of sp³-hybridized carbons (Fsp3) is 0.588. The van der Waals surface area contributed by atoms with Gasteiger partial charge in [0.2, 0.25) is 0 Å². The number of fused-ring (bicyclic) bond motifs is 1. The Morgan fingerprint density at radius 2 is 2.25 bits per heavy atom. The highest BCUT2D eigenvalue weighted by molar-refractivity contribution is 5.94. The first-order valence-electron chi connectivity index (χ1n) is 8.45. The molecule has 1 N–H and O–H groups in total. The van der Waals surface area contributed by atoms with E-state index in [1.165, 1.54) is 0 Å². The first-order valence-corrected chi connectivity index (χ1v) is 8.45. The van der Waals surface area contributed by atoms with Gasteiger partial charge in [0.05, 0.1) is 12.2 Å². The van der Waals surface area contributed by atoms with Gasteiger partial charge in [-0.2, -0.15) is 0 Å². The third-order valence-electron chi connectivity index (χ3n) is 4.36. The van der Waals surface area contributed by atoms with Gasteiger partial charge in [-0.1, -0.05) is 0 Å². The van der Waals surface area contributed by atoms with Crippen LogP contribution in [0, 0.1) is 0 Å². The molecule has 3 heterocycles. The van der Waals surface area contributed by atoms with E-state index < -0.39 is 0 Å². The van der Waals surface area contributed by atoms with Gasteiger partial charge in [-0.3, -0.25) is 9.20 Å². The van der Waals surface area contributed by atoms with Gasteiger partial charge in [-0.25, -0.2) is 0 Å². The average molecular weight is 331 g/mol. The zero-order valence-corrected chi connectivity index (χ0v) is 14.5. The maximum absolute atomic E-state index is 12.2. The molecule has 2 aromatic heterocycles. The number of pyridine rings is 1. The minimum atomic E-state index is -0.0697. The van der Waals surface area contributed by atoms with Crippen molar-refractivity contribution in [1.82, 2.24) is 24.8 Å². The van der Waals surface area contributed by atoms with Crippen molar-refractivity contribution in [2.75, 3.05) is 33.4 Å². The van der Waals surface area contributed by atoms with Gasteiger partial charge in [0.25, 0.3) is 5.91 Å². The smallest absolute Gasteiger partial charge is 0.252 e. The van der Waals surface area contributed by atoms with Crippen molar-refractivity contribution in [3.8, 4) is 0 Å². The van der Waals surface area contributed by atoms with E-state index in [1.807, 2.05) is 30.5 Å². The summed E-state index contributed by atoms with van der Waals surface area (Å²) in [5.41, 5.74) is 1.41. The quantitative estimate of drug-likeness (QED) is 0.864. The molecule has 7 nitrogen and oxygen atoms in total. The average Bonchev–Trinajstić information content (AvgIpc) is 3.17. The van der Waals surface area contributed by atoms with Crippen LogP contribution >= 0.6 is 0 Å². The third-order valence-corrected chi connectivity index (χ3v) is 4.36. The highest BCUT2D eigenvalue weighted by Gasteiger charge is 2.27. The molecule has 24 heavy (non-hydrogen) atoms. The lowest BCUT2D eigenvalue weighted by Gasteiger charge is -2.14. The number of nitrogens with one attached hydrogen (secondary N) is 1. The van der Waals surface area contributed by atoms with Crippen LogP contribution in [0.15, 0.2) is 18.3 Å². The van der Waals surface area contributed by atoms with E-state index in [0.717, 1.165) is 44.1 Å². The molecule has 0 saturated carbocycles. The van der Waals surface area contributed by atoms with Crippen molar-refractivity contribution < 1.29 is 9.53 Å². The molecule has 1 atom stereocenters. The van der Waals surface area contributed by atoms with E-state index >= 15 is 0 Å². The Bertz CT molecular complexity index is 712. The van der Waals surface area contributed by atoms with Crippen LogP contribution in [0.2, 0.25) is 0 Å². The van der Waals surface area contributed by atoms with Gasteiger partial charge in [-0.15, -0.1) is 10.2 Å². The zero-order valence-electron chi connectivity index (χ0n) is 14.5. The molecule has 0 aliphatic carbocycles. The molecule has 1 aliphatic rings. The summed E-state index contributed by atoms with van der Waals surface area (Å²) in [5.74, 6) is 1.20. The van der Waals surface area contributed by atoms with Crippen LogP contribution < -0.4 is 5.32 Å². The lowest BCUT2D eigenvalue weighted by atomic mass is 10.1. The summed E-state index contributed by atoms with van der Waals surface area (Å²) < 4.78 is 7.11. The molecule has 1 aliphatic heterocycles. The number of hydrogen-bond acceptors (Lipinski definition) is 5. The first-order chi connectivity index (χ1) is 11.6. The maximum atomic E-state index is 12.2. The number of hydrogen-bond donors (Lipinski definition) is 1. The van der Waals surface area contributed by atoms with Crippen LogP contribution in [0.25, 0.3) is 5.65 Å². The third kappa shape index (κ3) is 3.57. The largest absolute Gasteiger partial charge is 0.383 e. The number of carbonyl (C=O) groups excluding carboxylic acids is 1. The van der Waals surface area contributed by atoms with E-state index in [2.05, 4.69) is 20.4 Å². The molecular formula is C17H25N5O2. The fourth-order valence-electron chi connectivity index (χ4n) is 3.13. The van der Waals surface area contributed by atoms with Gasteiger partial charge < -0.3 is 15.0 Å². The van der Waals surface area contributed by atoms with Gasteiger partial charge in [0.1, 0.15) is 5.82 Å². The summed E-state index contributed by atoms with van der Waals surface area (Å²) in [4.78, 5) is 14.6. The van der Waals surface area contributed by atoms with Crippen LogP contribution in [-0.2, 0) is 4.74 Å². The number of ether oxygens (including phenoxy) is 1. The summed E-state index contributed by atoms with van der Waals surface area (Å²) in [5, 5.41) is 11.5. The molecule has 7 heteroatoms. The molecular weight excluding hydrogens is 306 g/mol. The normalized spacial score (nSPS) is 18.6. The Morgan fingerprint density at radius 3 is 3.00 bits per heavy atom. The predicted octanol–water partition coefficient (Wildman–Crippen LogP) is 1.30. The molecule has 0 radical (unpaired) electrons. The predicted molar refractivity (Wildman–Crippen MR) is 91.3 cm³/mol. The Balaban J connectivity index is 1.80. The molecule has 1 amide bonds. The van der Waals surface area contributed by atoms with Gasteiger partial charge >= 0.3 is 0 Å². The van der Waals surface area contributed by atoms with Crippen molar-refractivity contribution in [2.45, 2.75) is 32.2 Å². The highest BCUT2D eigenvalue weighted by Crippen LogP contribution is 2.26. The van der Waals surface area contributed by atoms with Crippen molar-refractivity contribution in [2.24, 2.45) is 0 Å². The number of carbonyl (C=O) groups is 1. The molecule has 0 spiro atoms. The molecule has 0 aromatic carbocycles. The Morgan fingerprint density at radius 1 is 1.42 bits per heavy atom. The summed E-state index contributed by atoms with van der Waals surface area (Å²) in [6.07, 6.45) is 2.90. The second-order valence-electron chi connectivity index (χ2n) is 6.61. The van der Waals surface area contributed by atoms with Crippen molar-refractivity contribution in [3.63, 3.8) is 0 Å². The van der Waals surface area contributed by atoms with Gasteiger partial charge in [0.15, 0.2) is 5.65 Å². The lowest BCUT2D eigenvalue weighted by molar-refractivity contribution is 0.0942. The summed E-state index contributed by atoms with van der Waals surface area (Å²) in [6.45, 7) is 7.57. The van der Waals surface area contributed by atoms with Crippen LogP contribution in [0.1, 0.15) is 42.4 Å². The summed E-state index contributed by atoms with van der Waals surface area (Å²) in [7, 11) is 1.73. The van der Waals surface area contributed by atoms with Gasteiger partial charge in [0, 0.05) is 38.4 Å². The second kappa shape index (κ2) is 7.27. The fourth-order valence-corrected chi connectivity index (χ4v) is 3.13. The SMILES string of the molecule is COCCN1CCC(c2nnc3ccc(C(=O)NC(C)C)cn23)C1. The number of nitrogens with zero attached hydrogens (tertiary/aromatic N) is 4. The number of likely N-dealkylation sites (tertiary alicyclic amines) is 1. The Kier molecular flexibility index (Phi) is 5.11. The Labute approximate surface area is 142 Å². The van der Waals surface area contributed by atoms with Crippen LogP contribution in [-0.4, -0.2) is 64.8 Å². The van der Waals surface area contributed by atoms with Gasteiger partial charge in [-0.05, 0) is 38.9 Å². The molecule has 3 rings (SSSR count). The number of aromatic nitrogens is 3. The lowest BCUT2D eigenvalue weighted by Crippen LogP contribution is -2.30. The summed E-state index contributed by atoms with van der Waals surface area (Å²) >= 11 is 0. The number of amides is 1. The minimum absolute atomic E-state index is 0.0697.